The van der Waals surface area contributed by atoms with E-state index in [0.717, 1.165) is 38.8 Å². The van der Waals surface area contributed by atoms with Crippen LogP contribution < -0.4 is 5.32 Å². The average Bonchev–Trinajstić information content (AvgIpc) is 3.52. The summed E-state index contributed by atoms with van der Waals surface area (Å²) in [6, 6.07) is 3.50. The second kappa shape index (κ2) is 10.7. The SMILES string of the molecule is CC(=O)N1CCC(N(C(=O)CSCCNC(=O)c2cc(Cl)nc(Cl)c2)C2CC2)CC1. The maximum Gasteiger partial charge on any atom is 0.251 e. The highest BCUT2D eigenvalue weighted by Gasteiger charge is 2.38. The molecule has 0 spiro atoms. The van der Waals surface area contributed by atoms with Crippen molar-refractivity contribution in [3.05, 3.63) is 28.0 Å². The smallest absolute Gasteiger partial charge is 0.251 e. The summed E-state index contributed by atoms with van der Waals surface area (Å²) in [6.07, 6.45) is 3.83. The van der Waals surface area contributed by atoms with Crippen LogP contribution in [0, 0.1) is 0 Å². The van der Waals surface area contributed by atoms with E-state index in [1.807, 2.05) is 4.90 Å². The lowest BCUT2D eigenvalue weighted by Crippen LogP contribution is -2.49. The summed E-state index contributed by atoms with van der Waals surface area (Å²) in [5.41, 5.74) is 0.359. The van der Waals surface area contributed by atoms with Gasteiger partial charge in [-0.1, -0.05) is 23.2 Å². The van der Waals surface area contributed by atoms with Crippen molar-refractivity contribution in [2.45, 2.75) is 44.7 Å². The number of piperidine rings is 1. The molecule has 1 aliphatic carbocycles. The minimum Gasteiger partial charge on any atom is -0.351 e. The highest BCUT2D eigenvalue weighted by molar-refractivity contribution is 7.99. The van der Waals surface area contributed by atoms with Crippen LogP contribution in [0.5, 0.6) is 0 Å². The molecule has 3 amide bonds. The molecule has 0 aromatic carbocycles. The number of aromatic nitrogens is 1. The summed E-state index contributed by atoms with van der Waals surface area (Å²) in [5.74, 6) is 1.01. The molecule has 1 aromatic rings. The Bertz CT molecular complexity index is 778. The molecule has 0 radical (unpaired) electrons. The summed E-state index contributed by atoms with van der Waals surface area (Å²) in [7, 11) is 0. The van der Waals surface area contributed by atoms with Crippen molar-refractivity contribution in [1.29, 1.82) is 0 Å². The van der Waals surface area contributed by atoms with Crippen LogP contribution in [0.1, 0.15) is 43.0 Å². The van der Waals surface area contributed by atoms with E-state index < -0.39 is 0 Å². The maximum atomic E-state index is 12.8. The van der Waals surface area contributed by atoms with Gasteiger partial charge in [-0.15, -0.1) is 0 Å². The Morgan fingerprint density at radius 1 is 1.13 bits per heavy atom. The Labute approximate surface area is 190 Å². The van der Waals surface area contributed by atoms with Crippen LogP contribution in [0.2, 0.25) is 10.3 Å². The fraction of sp³-hybridized carbons (Fsp3) is 0.600. The fourth-order valence-corrected chi connectivity index (χ4v) is 4.86. The molecule has 0 unspecified atom stereocenters. The van der Waals surface area contributed by atoms with Crippen LogP contribution in [0.3, 0.4) is 0 Å². The van der Waals surface area contributed by atoms with E-state index in [9.17, 15) is 14.4 Å². The zero-order valence-corrected chi connectivity index (χ0v) is 19.2. The first-order chi connectivity index (χ1) is 14.3. The van der Waals surface area contributed by atoms with Gasteiger partial charge in [-0.05, 0) is 37.8 Å². The van der Waals surface area contributed by atoms with Crippen molar-refractivity contribution < 1.29 is 14.4 Å². The van der Waals surface area contributed by atoms with Crippen molar-refractivity contribution in [2.75, 3.05) is 31.1 Å². The topological polar surface area (TPSA) is 82.6 Å². The van der Waals surface area contributed by atoms with Crippen LogP contribution in [0.25, 0.3) is 0 Å². The van der Waals surface area contributed by atoms with E-state index >= 15 is 0 Å². The Morgan fingerprint density at radius 3 is 2.30 bits per heavy atom. The maximum absolute atomic E-state index is 12.8. The van der Waals surface area contributed by atoms with Gasteiger partial charge in [0.05, 0.1) is 5.75 Å². The third-order valence-electron chi connectivity index (χ3n) is 5.31. The molecule has 10 heteroatoms. The molecule has 0 bridgehead atoms. The number of nitrogens with one attached hydrogen (secondary N) is 1. The number of hydrogen-bond donors (Lipinski definition) is 1. The molecule has 1 saturated heterocycles. The highest BCUT2D eigenvalue weighted by Crippen LogP contribution is 2.32. The molecule has 164 valence electrons. The van der Waals surface area contributed by atoms with Crippen LogP contribution in [0.4, 0.5) is 0 Å². The normalized spacial score (nSPS) is 17.0. The largest absolute Gasteiger partial charge is 0.351 e. The zero-order chi connectivity index (χ0) is 21.7. The number of carbonyl (C=O) groups excluding carboxylic acids is 3. The molecular weight excluding hydrogens is 447 g/mol. The van der Waals surface area contributed by atoms with Gasteiger partial charge in [-0.3, -0.25) is 14.4 Å². The van der Waals surface area contributed by atoms with Gasteiger partial charge in [-0.2, -0.15) is 11.8 Å². The van der Waals surface area contributed by atoms with Crippen LogP contribution in [0.15, 0.2) is 12.1 Å². The zero-order valence-electron chi connectivity index (χ0n) is 16.9. The van der Waals surface area contributed by atoms with Crippen molar-refractivity contribution in [3.63, 3.8) is 0 Å². The number of amides is 3. The van der Waals surface area contributed by atoms with Gasteiger partial charge in [0.15, 0.2) is 0 Å². The van der Waals surface area contributed by atoms with E-state index in [1.54, 1.807) is 6.92 Å². The lowest BCUT2D eigenvalue weighted by molar-refractivity contribution is -0.134. The predicted molar refractivity (Wildman–Crippen MR) is 119 cm³/mol. The third kappa shape index (κ3) is 6.49. The quantitative estimate of drug-likeness (QED) is 0.464. The molecule has 1 aromatic heterocycles. The predicted octanol–water partition coefficient (Wildman–Crippen LogP) is 2.85. The minimum absolute atomic E-state index is 0.103. The Morgan fingerprint density at radius 2 is 1.73 bits per heavy atom. The van der Waals surface area contributed by atoms with E-state index in [-0.39, 0.29) is 34.1 Å². The highest BCUT2D eigenvalue weighted by atomic mass is 35.5. The summed E-state index contributed by atoms with van der Waals surface area (Å²) >= 11 is 13.2. The van der Waals surface area contributed by atoms with Gasteiger partial charge in [0, 0.05) is 50.0 Å². The number of hydrogen-bond acceptors (Lipinski definition) is 5. The van der Waals surface area contributed by atoms with E-state index in [2.05, 4.69) is 15.2 Å². The Kier molecular flexibility index (Phi) is 8.25. The fourth-order valence-electron chi connectivity index (χ4n) is 3.69. The molecule has 1 N–H and O–H groups in total. The van der Waals surface area contributed by atoms with Crippen molar-refractivity contribution >= 4 is 52.7 Å². The van der Waals surface area contributed by atoms with Crippen LogP contribution >= 0.6 is 35.0 Å². The molecule has 2 fully saturated rings. The van der Waals surface area contributed by atoms with E-state index in [4.69, 9.17) is 23.2 Å². The first-order valence-corrected chi connectivity index (χ1v) is 12.0. The Hall–Kier alpha value is -1.51. The number of halogens is 2. The summed E-state index contributed by atoms with van der Waals surface area (Å²) in [6.45, 7) is 3.48. The van der Waals surface area contributed by atoms with Crippen molar-refractivity contribution in [2.24, 2.45) is 0 Å². The van der Waals surface area contributed by atoms with Gasteiger partial charge in [0.25, 0.3) is 5.91 Å². The molecule has 1 saturated carbocycles. The first-order valence-electron chi connectivity index (χ1n) is 10.1. The van der Waals surface area contributed by atoms with Gasteiger partial charge < -0.3 is 15.1 Å². The number of rotatable bonds is 8. The van der Waals surface area contributed by atoms with Gasteiger partial charge >= 0.3 is 0 Å². The number of nitrogens with zero attached hydrogens (tertiary/aromatic N) is 3. The summed E-state index contributed by atoms with van der Waals surface area (Å²) in [5, 5.41) is 3.14. The second-order valence-electron chi connectivity index (χ2n) is 7.58. The summed E-state index contributed by atoms with van der Waals surface area (Å²) in [4.78, 5) is 44.3. The van der Waals surface area contributed by atoms with Crippen LogP contribution in [-0.4, -0.2) is 75.7 Å². The Balaban J connectivity index is 1.40. The lowest BCUT2D eigenvalue weighted by atomic mass is 10.0. The second-order valence-corrected chi connectivity index (χ2v) is 9.46. The van der Waals surface area contributed by atoms with Crippen molar-refractivity contribution in [1.82, 2.24) is 20.1 Å². The van der Waals surface area contributed by atoms with Crippen LogP contribution in [-0.2, 0) is 9.59 Å². The number of likely N-dealkylation sites (tertiary alicyclic amines) is 1. The van der Waals surface area contributed by atoms with E-state index in [1.165, 1.54) is 23.9 Å². The van der Waals surface area contributed by atoms with Gasteiger partial charge in [0.2, 0.25) is 11.8 Å². The standard InChI is InChI=1S/C20H26Cl2N4O3S/c1-13(27)25-7-4-16(5-8-25)26(15-2-3-15)19(28)12-30-9-6-23-20(29)14-10-17(21)24-18(22)11-14/h10-11,15-16H,2-9,12H2,1H3,(H,23,29). The lowest BCUT2D eigenvalue weighted by Gasteiger charge is -2.38. The summed E-state index contributed by atoms with van der Waals surface area (Å²) < 4.78 is 0. The molecule has 0 atom stereocenters. The molecular formula is C20H26Cl2N4O3S. The van der Waals surface area contributed by atoms with Crippen molar-refractivity contribution in [3.8, 4) is 0 Å². The number of thioether (sulfide) groups is 1. The van der Waals surface area contributed by atoms with Gasteiger partial charge in [0.1, 0.15) is 10.3 Å². The monoisotopic (exact) mass is 472 g/mol. The minimum atomic E-state index is -0.273. The molecule has 2 heterocycles. The molecule has 7 nitrogen and oxygen atoms in total. The molecule has 1 aliphatic heterocycles. The van der Waals surface area contributed by atoms with Gasteiger partial charge in [-0.25, -0.2) is 4.98 Å². The average molecular weight is 473 g/mol. The third-order valence-corrected chi connectivity index (χ3v) is 6.65. The first kappa shape index (κ1) is 23.2. The molecule has 2 aliphatic rings. The number of carbonyl (C=O) groups is 3. The number of pyridine rings is 1. The molecule has 30 heavy (non-hydrogen) atoms. The molecule has 3 rings (SSSR count). The van der Waals surface area contributed by atoms with E-state index in [0.29, 0.717) is 29.7 Å².